The largest absolute Gasteiger partial charge is 0.363 e. The van der Waals surface area contributed by atoms with E-state index in [2.05, 4.69) is 20.6 Å². The van der Waals surface area contributed by atoms with Crippen LogP contribution < -0.4 is 10.6 Å². The summed E-state index contributed by atoms with van der Waals surface area (Å²) >= 11 is 6.18. The number of imidazole rings is 1. The van der Waals surface area contributed by atoms with Crippen LogP contribution in [0.5, 0.6) is 0 Å². The lowest BCUT2D eigenvalue weighted by Crippen LogP contribution is -2.17. The molecule has 0 spiro atoms. The first-order valence-corrected chi connectivity index (χ1v) is 11.8. The first-order chi connectivity index (χ1) is 15.7. The lowest BCUT2D eigenvalue weighted by Gasteiger charge is -2.11. The van der Waals surface area contributed by atoms with E-state index < -0.39 is 27.8 Å². The van der Waals surface area contributed by atoms with Crippen LogP contribution in [0.3, 0.4) is 0 Å². The van der Waals surface area contributed by atoms with Gasteiger partial charge in [0.1, 0.15) is 5.69 Å². The summed E-state index contributed by atoms with van der Waals surface area (Å²) in [5.74, 6) is -0.887. The number of hydrogen-bond donors (Lipinski definition) is 5. The van der Waals surface area contributed by atoms with Gasteiger partial charge in [-0.2, -0.15) is 0 Å². The van der Waals surface area contributed by atoms with E-state index in [1.165, 1.54) is 31.6 Å². The number of carbonyl (C=O) groups excluding carboxylic acids is 2. The molecule has 3 rings (SSSR count). The molecule has 1 heterocycles. The molecular formula is C21H22ClN5O5S. The monoisotopic (exact) mass is 491 g/mol. The summed E-state index contributed by atoms with van der Waals surface area (Å²) in [4.78, 5) is 31.9. The molecule has 174 valence electrons. The zero-order chi connectivity index (χ0) is 24.2. The Bertz CT molecular complexity index is 1270. The first kappa shape index (κ1) is 24.4. The zero-order valence-corrected chi connectivity index (χ0v) is 19.3. The number of aliphatic hydroxyl groups is 1. The predicted octanol–water partition coefficient (Wildman–Crippen LogP) is 3.63. The van der Waals surface area contributed by atoms with Crippen molar-refractivity contribution in [1.29, 1.82) is 4.78 Å². The quantitative estimate of drug-likeness (QED) is 0.303. The van der Waals surface area contributed by atoms with Crippen molar-refractivity contribution in [3.63, 3.8) is 0 Å². The lowest BCUT2D eigenvalue weighted by atomic mass is 10.2. The minimum absolute atomic E-state index is 0.0143. The second-order valence-electron chi connectivity index (χ2n) is 6.84. The first-order valence-electron chi connectivity index (χ1n) is 9.69. The molecular weight excluding hydrogens is 470 g/mol. The van der Waals surface area contributed by atoms with Crippen molar-refractivity contribution in [2.24, 2.45) is 0 Å². The molecule has 1 aromatic heterocycles. The molecule has 12 heteroatoms. The van der Waals surface area contributed by atoms with Crippen molar-refractivity contribution in [1.82, 2.24) is 9.97 Å². The molecule has 2 amide bonds. The normalized spacial score (nSPS) is 13.7. The maximum atomic E-state index is 12.6. The van der Waals surface area contributed by atoms with Crippen molar-refractivity contribution in [3.8, 4) is 0 Å². The number of ether oxygens (including phenoxy) is 1. The molecule has 2 atom stereocenters. The molecule has 0 aliphatic heterocycles. The van der Waals surface area contributed by atoms with E-state index in [0.717, 1.165) is 0 Å². The van der Waals surface area contributed by atoms with Crippen LogP contribution in [-0.2, 0) is 14.5 Å². The smallest absolute Gasteiger partial charge is 0.276 e. The van der Waals surface area contributed by atoms with Crippen molar-refractivity contribution >= 4 is 44.5 Å². The van der Waals surface area contributed by atoms with Crippen LogP contribution in [0.4, 0.5) is 11.4 Å². The highest BCUT2D eigenvalue weighted by Gasteiger charge is 2.20. The highest BCUT2D eigenvalue weighted by atomic mass is 35.5. The maximum Gasteiger partial charge on any atom is 0.276 e. The summed E-state index contributed by atoms with van der Waals surface area (Å²) in [6, 6.07) is 10.6. The summed E-state index contributed by atoms with van der Waals surface area (Å²) in [6.07, 6.45) is -0.0470. The summed E-state index contributed by atoms with van der Waals surface area (Å²) in [7, 11) is -1.65. The van der Waals surface area contributed by atoms with Gasteiger partial charge in [0, 0.05) is 29.1 Å². The Morgan fingerprint density at radius 2 is 1.79 bits per heavy atom. The third-order valence-electron chi connectivity index (χ3n) is 4.73. The van der Waals surface area contributed by atoms with Crippen LogP contribution in [0, 0.1) is 4.78 Å². The molecule has 5 N–H and O–H groups in total. The number of amides is 2. The number of anilines is 2. The van der Waals surface area contributed by atoms with Crippen molar-refractivity contribution in [2.75, 3.05) is 23.5 Å². The number of benzene rings is 2. The van der Waals surface area contributed by atoms with Crippen molar-refractivity contribution in [2.45, 2.75) is 18.1 Å². The van der Waals surface area contributed by atoms with Gasteiger partial charge in [-0.3, -0.25) is 9.59 Å². The number of methoxy groups -OCH3 is 1. The van der Waals surface area contributed by atoms with Gasteiger partial charge in [0.05, 0.1) is 26.6 Å². The molecule has 10 nitrogen and oxygen atoms in total. The number of nitrogens with one attached hydrogen (secondary N) is 4. The van der Waals surface area contributed by atoms with Crippen LogP contribution in [-0.4, -0.2) is 44.0 Å². The van der Waals surface area contributed by atoms with Crippen LogP contribution in [0.15, 0.2) is 53.7 Å². The van der Waals surface area contributed by atoms with Gasteiger partial charge in [-0.15, -0.1) is 0 Å². The zero-order valence-electron chi connectivity index (χ0n) is 17.7. The Balaban J connectivity index is 1.68. The Labute approximate surface area is 195 Å². The predicted molar refractivity (Wildman–Crippen MR) is 124 cm³/mol. The number of halogens is 1. The van der Waals surface area contributed by atoms with Gasteiger partial charge in [-0.25, -0.2) is 14.0 Å². The van der Waals surface area contributed by atoms with Gasteiger partial charge in [0.15, 0.2) is 12.0 Å². The highest BCUT2D eigenvalue weighted by molar-refractivity contribution is 7.92. The van der Waals surface area contributed by atoms with Crippen LogP contribution >= 0.6 is 11.6 Å². The van der Waals surface area contributed by atoms with E-state index in [1.54, 1.807) is 31.2 Å². The van der Waals surface area contributed by atoms with Gasteiger partial charge in [-0.1, -0.05) is 18.5 Å². The average molecular weight is 492 g/mol. The molecule has 0 saturated heterocycles. The topological polar surface area (TPSA) is 157 Å². The molecule has 0 bridgehead atoms. The third kappa shape index (κ3) is 5.57. The minimum Gasteiger partial charge on any atom is -0.363 e. The summed E-state index contributed by atoms with van der Waals surface area (Å²) in [6.45, 7) is 1.65. The number of aliphatic hydroxyl groups excluding tert-OH is 1. The minimum atomic E-state index is -2.94. The number of carbonyl (C=O) groups is 2. The highest BCUT2D eigenvalue weighted by Crippen LogP contribution is 2.24. The number of aromatic nitrogens is 2. The number of nitrogens with zero attached hydrogens (tertiary/aromatic N) is 1. The third-order valence-corrected chi connectivity index (χ3v) is 6.87. The molecule has 33 heavy (non-hydrogen) atoms. The number of H-pyrrole nitrogens is 1. The molecule has 0 aliphatic carbocycles. The van der Waals surface area contributed by atoms with E-state index >= 15 is 0 Å². The number of hydrogen-bond acceptors (Lipinski definition) is 7. The molecule has 0 fully saturated rings. The summed E-state index contributed by atoms with van der Waals surface area (Å²) < 4.78 is 24.8. The van der Waals surface area contributed by atoms with Gasteiger partial charge in [-0.05, 0) is 42.5 Å². The maximum absolute atomic E-state index is 12.6. The van der Waals surface area contributed by atoms with Crippen molar-refractivity contribution in [3.05, 3.63) is 70.8 Å². The molecule has 0 aliphatic rings. The second-order valence-corrected chi connectivity index (χ2v) is 9.65. The Hall–Kier alpha value is -3.25. The Morgan fingerprint density at radius 1 is 1.18 bits per heavy atom. The van der Waals surface area contributed by atoms with Crippen molar-refractivity contribution < 1.29 is 23.6 Å². The van der Waals surface area contributed by atoms with Gasteiger partial charge >= 0.3 is 0 Å². The van der Waals surface area contributed by atoms with Gasteiger partial charge in [0.25, 0.3) is 11.8 Å². The SMILES string of the molecule is CCS(=N)(=O)c1ccc(C(=O)Nc2ccc(NC(=O)c3nc[nH]c3C(O)OC)cc2)c(Cl)c1. The Morgan fingerprint density at radius 3 is 2.33 bits per heavy atom. The number of aromatic amines is 1. The van der Waals surface area contributed by atoms with E-state index in [0.29, 0.717) is 11.4 Å². The Kier molecular flexibility index (Phi) is 7.49. The molecule has 2 unspecified atom stereocenters. The summed E-state index contributed by atoms with van der Waals surface area (Å²) in [5.41, 5.74) is 1.17. The molecule has 0 radical (unpaired) electrons. The average Bonchev–Trinajstić information content (AvgIpc) is 3.30. The van der Waals surface area contributed by atoms with E-state index in [-0.39, 0.29) is 32.6 Å². The lowest BCUT2D eigenvalue weighted by molar-refractivity contribution is -0.0799. The van der Waals surface area contributed by atoms with E-state index in [9.17, 15) is 18.9 Å². The molecule has 3 aromatic rings. The van der Waals surface area contributed by atoms with E-state index in [4.69, 9.17) is 21.1 Å². The fourth-order valence-electron chi connectivity index (χ4n) is 2.87. The molecule has 2 aromatic carbocycles. The molecule has 0 saturated carbocycles. The summed E-state index contributed by atoms with van der Waals surface area (Å²) in [5, 5.41) is 15.2. The van der Waals surface area contributed by atoms with Crippen LogP contribution in [0.25, 0.3) is 0 Å². The van der Waals surface area contributed by atoms with E-state index in [1.807, 2.05) is 0 Å². The van der Waals surface area contributed by atoms with Crippen LogP contribution in [0.1, 0.15) is 39.8 Å². The number of rotatable bonds is 8. The second kappa shape index (κ2) is 10.1. The fourth-order valence-corrected chi connectivity index (χ4v) is 4.13. The van der Waals surface area contributed by atoms with Gasteiger partial charge in [0.2, 0.25) is 0 Å². The van der Waals surface area contributed by atoms with Gasteiger partial charge < -0.3 is 25.5 Å². The van der Waals surface area contributed by atoms with Crippen LogP contribution in [0.2, 0.25) is 5.02 Å². The standard InChI is InChI=1S/C21H22ClN5O5S/c1-3-33(23,31)14-8-9-15(16(22)10-14)19(28)26-12-4-6-13(7-5-12)27-20(29)17-18(21(30)32-2)25-11-24-17/h4-11,21,23,30H,3H2,1-2H3,(H,24,25)(H,26,28)(H,27,29). The fraction of sp³-hybridized carbons (Fsp3) is 0.190.